The molecule has 3 aromatic heterocycles. The Morgan fingerprint density at radius 2 is 1.09 bits per heavy atom. The Labute approximate surface area is 336 Å². The molecule has 4 nitrogen and oxygen atoms in total. The van der Waals surface area contributed by atoms with E-state index < -0.39 is 0 Å². The zero-order chi connectivity index (χ0) is 37.5. The fraction of sp³-hybridized carbons (Fsp3) is 0.0196. The van der Waals surface area contributed by atoms with Crippen molar-refractivity contribution >= 4 is 96.5 Å². The van der Waals surface area contributed by atoms with Crippen molar-refractivity contribution in [3.8, 4) is 16.8 Å². The average Bonchev–Trinajstić information content (AvgIpc) is 3.96. The molecule has 268 valence electrons. The molecule has 0 bridgehead atoms. The Morgan fingerprint density at radius 3 is 1.84 bits per heavy atom. The van der Waals surface area contributed by atoms with Crippen LogP contribution in [0.15, 0.2) is 192 Å². The summed E-state index contributed by atoms with van der Waals surface area (Å²) < 4.78 is 7.47. The maximum absolute atomic E-state index is 5.31. The third-order valence-electron chi connectivity index (χ3n) is 11.3. The van der Waals surface area contributed by atoms with Crippen molar-refractivity contribution in [3.05, 3.63) is 199 Å². The van der Waals surface area contributed by atoms with Gasteiger partial charge in [-0.15, -0.1) is 22.7 Å². The van der Waals surface area contributed by atoms with Crippen LogP contribution in [0.2, 0.25) is 0 Å². The van der Waals surface area contributed by atoms with Crippen molar-refractivity contribution in [2.24, 2.45) is 9.98 Å². The van der Waals surface area contributed by atoms with Gasteiger partial charge >= 0.3 is 0 Å². The number of thiophene rings is 2. The first-order valence-corrected chi connectivity index (χ1v) is 20.8. The second-order valence-electron chi connectivity index (χ2n) is 14.5. The number of fused-ring (bicyclic) bond motifs is 9. The molecule has 0 aliphatic carbocycles. The SMILES string of the molecule is c1ccc(C2=NC(c3cccc4sc5cccc(-c6cccc7c6sc6ccc(-n8c9ccccc9c9ccccc98)cc67)c5c34)=NC(c3ccccc3)N2)cc1. The lowest BCUT2D eigenvalue weighted by atomic mass is 9.95. The first kappa shape index (κ1) is 32.4. The van der Waals surface area contributed by atoms with Gasteiger partial charge in [0.05, 0.1) is 11.0 Å². The molecule has 1 aliphatic heterocycles. The molecule has 1 aliphatic rings. The Balaban J connectivity index is 1.06. The Bertz CT molecular complexity index is 3390. The third-order valence-corrected chi connectivity index (χ3v) is 13.6. The second-order valence-corrected chi connectivity index (χ2v) is 16.7. The highest BCUT2D eigenvalue weighted by Crippen LogP contribution is 2.47. The number of aliphatic imine (C=N–C) groups is 2. The molecule has 57 heavy (non-hydrogen) atoms. The topological polar surface area (TPSA) is 41.7 Å². The van der Waals surface area contributed by atoms with Crippen LogP contribution in [0.1, 0.15) is 22.9 Å². The molecule has 8 aromatic carbocycles. The largest absolute Gasteiger partial charge is 0.344 e. The van der Waals surface area contributed by atoms with Crippen LogP contribution in [-0.2, 0) is 0 Å². The molecule has 1 N–H and O–H groups in total. The average molecular weight is 765 g/mol. The van der Waals surface area contributed by atoms with Gasteiger partial charge in [-0.1, -0.05) is 140 Å². The standard InChI is InChI=1S/C51H32N4S2/c1-3-14-31(15-4-1)49-52-50(32-16-5-2-6-17-32)54-51(53-49)39-23-13-27-45-47(39)46-36(20-12-26-44(46)56-45)37-21-11-22-38-40-30-33(28-29-43(40)57-48(37)38)55-41-24-9-7-18-34(41)35-19-8-10-25-42(35)55/h1-30,49H,(H,52,53,54). The van der Waals surface area contributed by atoms with E-state index in [4.69, 9.17) is 9.98 Å². The number of hydrogen-bond donors (Lipinski definition) is 1. The number of hydrogen-bond acceptors (Lipinski definition) is 5. The number of para-hydroxylation sites is 2. The smallest absolute Gasteiger partial charge is 0.160 e. The minimum atomic E-state index is -0.270. The van der Waals surface area contributed by atoms with E-state index >= 15 is 0 Å². The van der Waals surface area contributed by atoms with E-state index in [-0.39, 0.29) is 6.17 Å². The van der Waals surface area contributed by atoms with Gasteiger partial charge in [-0.2, -0.15) is 0 Å². The van der Waals surface area contributed by atoms with Gasteiger partial charge in [0.2, 0.25) is 0 Å². The van der Waals surface area contributed by atoms with Crippen molar-refractivity contribution in [1.82, 2.24) is 9.88 Å². The van der Waals surface area contributed by atoms with Gasteiger partial charge in [0.15, 0.2) is 5.84 Å². The number of nitrogens with zero attached hydrogens (tertiary/aromatic N) is 3. The molecule has 12 rings (SSSR count). The summed E-state index contributed by atoms with van der Waals surface area (Å²) in [6, 6.07) is 65.4. The summed E-state index contributed by atoms with van der Waals surface area (Å²) in [4.78, 5) is 10.5. The Hall–Kier alpha value is -6.86. The predicted molar refractivity (Wildman–Crippen MR) is 244 cm³/mol. The van der Waals surface area contributed by atoms with Crippen LogP contribution in [0.25, 0.3) is 79.0 Å². The van der Waals surface area contributed by atoms with E-state index in [2.05, 4.69) is 180 Å². The molecule has 0 saturated carbocycles. The Kier molecular flexibility index (Phi) is 7.30. The third kappa shape index (κ3) is 5.11. The van der Waals surface area contributed by atoms with Crippen LogP contribution in [0, 0.1) is 0 Å². The lowest BCUT2D eigenvalue weighted by molar-refractivity contribution is 0.674. The molecule has 0 amide bonds. The van der Waals surface area contributed by atoms with Gasteiger partial charge in [-0.25, -0.2) is 9.98 Å². The zero-order valence-electron chi connectivity index (χ0n) is 30.6. The summed E-state index contributed by atoms with van der Waals surface area (Å²) in [5, 5.41) is 11.2. The van der Waals surface area contributed by atoms with Crippen molar-refractivity contribution in [2.45, 2.75) is 6.17 Å². The van der Waals surface area contributed by atoms with Crippen LogP contribution in [0.3, 0.4) is 0 Å². The van der Waals surface area contributed by atoms with E-state index in [1.807, 2.05) is 34.8 Å². The van der Waals surface area contributed by atoms with Crippen molar-refractivity contribution in [3.63, 3.8) is 0 Å². The molecule has 0 spiro atoms. The van der Waals surface area contributed by atoms with E-state index in [9.17, 15) is 0 Å². The van der Waals surface area contributed by atoms with Gasteiger partial charge in [0.1, 0.15) is 12.0 Å². The molecule has 1 unspecified atom stereocenters. The van der Waals surface area contributed by atoms with Gasteiger partial charge in [0, 0.05) is 73.5 Å². The summed E-state index contributed by atoms with van der Waals surface area (Å²) in [5.74, 6) is 1.56. The Morgan fingerprint density at radius 1 is 0.474 bits per heavy atom. The summed E-state index contributed by atoms with van der Waals surface area (Å²) >= 11 is 3.72. The molecule has 0 saturated heterocycles. The maximum Gasteiger partial charge on any atom is 0.160 e. The van der Waals surface area contributed by atoms with Crippen LogP contribution in [0.4, 0.5) is 0 Å². The normalized spacial score (nSPS) is 14.5. The van der Waals surface area contributed by atoms with E-state index in [0.29, 0.717) is 0 Å². The van der Waals surface area contributed by atoms with Crippen LogP contribution in [0.5, 0.6) is 0 Å². The van der Waals surface area contributed by atoms with Crippen molar-refractivity contribution in [2.75, 3.05) is 0 Å². The second kappa shape index (κ2) is 12.8. The van der Waals surface area contributed by atoms with Gasteiger partial charge in [0.25, 0.3) is 0 Å². The molecule has 11 aromatic rings. The lowest BCUT2D eigenvalue weighted by Gasteiger charge is -2.24. The van der Waals surface area contributed by atoms with Gasteiger partial charge in [-0.3, -0.25) is 0 Å². The number of amidine groups is 2. The number of aromatic nitrogens is 1. The van der Waals surface area contributed by atoms with E-state index in [0.717, 1.165) is 28.4 Å². The van der Waals surface area contributed by atoms with Crippen molar-refractivity contribution < 1.29 is 0 Å². The molecule has 6 heteroatoms. The zero-order valence-corrected chi connectivity index (χ0v) is 32.2. The molecule has 1 atom stereocenters. The monoisotopic (exact) mass is 764 g/mol. The molecular weight excluding hydrogens is 733 g/mol. The first-order valence-electron chi connectivity index (χ1n) is 19.2. The predicted octanol–water partition coefficient (Wildman–Crippen LogP) is 13.7. The number of nitrogens with one attached hydrogen (secondary N) is 1. The maximum atomic E-state index is 5.31. The van der Waals surface area contributed by atoms with Gasteiger partial charge < -0.3 is 9.88 Å². The summed E-state index contributed by atoms with van der Waals surface area (Å²) in [5.41, 5.74) is 9.26. The van der Waals surface area contributed by atoms with Crippen LogP contribution < -0.4 is 5.32 Å². The minimum Gasteiger partial charge on any atom is -0.344 e. The number of rotatable bonds is 5. The quantitative estimate of drug-likeness (QED) is 0.186. The van der Waals surface area contributed by atoms with Crippen molar-refractivity contribution in [1.29, 1.82) is 0 Å². The summed E-state index contributed by atoms with van der Waals surface area (Å²) in [6.07, 6.45) is -0.270. The first-order chi connectivity index (χ1) is 28.3. The highest BCUT2D eigenvalue weighted by molar-refractivity contribution is 7.27. The fourth-order valence-corrected chi connectivity index (χ4v) is 11.1. The van der Waals surface area contributed by atoms with Crippen LogP contribution >= 0.6 is 22.7 Å². The molecule has 4 heterocycles. The van der Waals surface area contributed by atoms with E-state index in [1.54, 1.807) is 0 Å². The van der Waals surface area contributed by atoms with Crippen LogP contribution in [-0.4, -0.2) is 16.2 Å². The summed E-state index contributed by atoms with van der Waals surface area (Å²) in [7, 11) is 0. The van der Waals surface area contributed by atoms with Gasteiger partial charge in [-0.05, 0) is 53.6 Å². The molecule has 0 radical (unpaired) electrons. The molecular formula is C51H32N4S2. The lowest BCUT2D eigenvalue weighted by Crippen LogP contribution is -2.33. The fourth-order valence-electron chi connectivity index (χ4n) is 8.73. The number of benzene rings is 8. The highest BCUT2D eigenvalue weighted by atomic mass is 32.1. The van der Waals surface area contributed by atoms with E-state index in [1.165, 1.54) is 79.0 Å². The molecule has 0 fully saturated rings. The highest BCUT2D eigenvalue weighted by Gasteiger charge is 2.24. The summed E-state index contributed by atoms with van der Waals surface area (Å²) in [6.45, 7) is 0. The minimum absolute atomic E-state index is 0.270.